The summed E-state index contributed by atoms with van der Waals surface area (Å²) in [5, 5.41) is 3.04. The van der Waals surface area contributed by atoms with Gasteiger partial charge < -0.3 is 11.1 Å². The smallest absolute Gasteiger partial charge is 0.270 e. The minimum Gasteiger partial charge on any atom is -0.366 e. The van der Waals surface area contributed by atoms with Crippen LogP contribution in [-0.2, 0) is 0 Å². The van der Waals surface area contributed by atoms with Gasteiger partial charge in [-0.3, -0.25) is 14.6 Å². The second kappa shape index (κ2) is 7.25. The Morgan fingerprint density at radius 1 is 1.00 bits per heavy atom. The Bertz CT molecular complexity index is 705. The van der Waals surface area contributed by atoms with Crippen molar-refractivity contribution in [2.75, 3.05) is 0 Å². The summed E-state index contributed by atoms with van der Waals surface area (Å²) in [6, 6.07) is 13.8. The second-order valence-electron chi connectivity index (χ2n) is 6.23. The molecule has 1 aromatic carbocycles. The van der Waals surface area contributed by atoms with Crippen molar-refractivity contribution in [3.8, 4) is 0 Å². The highest BCUT2D eigenvalue weighted by atomic mass is 16.2. The number of carbonyl (C=O) groups is 2. The molecule has 0 spiro atoms. The van der Waals surface area contributed by atoms with Crippen LogP contribution in [0.1, 0.15) is 58.0 Å². The van der Waals surface area contributed by atoms with Crippen LogP contribution < -0.4 is 11.1 Å². The lowest BCUT2D eigenvalue weighted by atomic mass is 9.82. The van der Waals surface area contributed by atoms with Gasteiger partial charge in [0.15, 0.2) is 0 Å². The molecule has 1 heterocycles. The molecule has 2 aromatic rings. The summed E-state index contributed by atoms with van der Waals surface area (Å²) in [5.41, 5.74) is 7.16. The first-order valence-electron chi connectivity index (χ1n) is 8.25. The molecular weight excluding hydrogens is 302 g/mol. The van der Waals surface area contributed by atoms with Gasteiger partial charge in [0, 0.05) is 12.2 Å². The predicted octanol–water partition coefficient (Wildman–Crippen LogP) is 2.64. The van der Waals surface area contributed by atoms with E-state index in [1.807, 2.05) is 6.07 Å². The van der Waals surface area contributed by atoms with E-state index in [9.17, 15) is 9.59 Å². The molecule has 0 aliphatic heterocycles. The molecule has 3 N–H and O–H groups in total. The van der Waals surface area contributed by atoms with Crippen molar-refractivity contribution in [2.45, 2.75) is 37.6 Å². The van der Waals surface area contributed by atoms with Crippen LogP contribution in [0.4, 0.5) is 0 Å². The van der Waals surface area contributed by atoms with Gasteiger partial charge in [-0.1, -0.05) is 30.3 Å². The number of rotatable bonds is 4. The highest BCUT2D eigenvalue weighted by Crippen LogP contribution is 2.32. The molecule has 0 bridgehead atoms. The lowest BCUT2D eigenvalue weighted by molar-refractivity contribution is 0.0918. The van der Waals surface area contributed by atoms with Crippen LogP contribution >= 0.6 is 0 Å². The van der Waals surface area contributed by atoms with Crippen molar-refractivity contribution < 1.29 is 9.59 Å². The fraction of sp³-hybridized carbons (Fsp3) is 0.316. The zero-order valence-electron chi connectivity index (χ0n) is 13.4. The summed E-state index contributed by atoms with van der Waals surface area (Å²) in [5.74, 6) is -0.171. The van der Waals surface area contributed by atoms with E-state index in [4.69, 9.17) is 5.73 Å². The summed E-state index contributed by atoms with van der Waals surface area (Å²) >= 11 is 0. The fourth-order valence-corrected chi connectivity index (χ4v) is 3.23. The number of nitrogens with zero attached hydrogens (tertiary/aromatic N) is 1. The van der Waals surface area contributed by atoms with Gasteiger partial charge in [0.2, 0.25) is 5.91 Å². The zero-order chi connectivity index (χ0) is 16.9. The minimum atomic E-state index is -0.548. The molecule has 124 valence electrons. The highest BCUT2D eigenvalue weighted by Gasteiger charge is 2.24. The van der Waals surface area contributed by atoms with E-state index in [1.165, 1.54) is 23.9 Å². The van der Waals surface area contributed by atoms with Crippen molar-refractivity contribution in [1.29, 1.82) is 0 Å². The molecule has 24 heavy (non-hydrogen) atoms. The molecule has 5 nitrogen and oxygen atoms in total. The molecule has 0 saturated heterocycles. The van der Waals surface area contributed by atoms with Crippen molar-refractivity contribution in [2.24, 2.45) is 5.73 Å². The molecule has 5 heteroatoms. The first-order chi connectivity index (χ1) is 11.6. The predicted molar refractivity (Wildman–Crippen MR) is 91.7 cm³/mol. The summed E-state index contributed by atoms with van der Waals surface area (Å²) in [6.07, 6.45) is 5.41. The molecular formula is C19H21N3O2. The van der Waals surface area contributed by atoms with Crippen LogP contribution in [0.2, 0.25) is 0 Å². The number of benzene rings is 1. The lowest BCUT2D eigenvalue weighted by Gasteiger charge is -2.29. The monoisotopic (exact) mass is 323 g/mol. The van der Waals surface area contributed by atoms with Crippen molar-refractivity contribution >= 4 is 11.8 Å². The third kappa shape index (κ3) is 3.79. The summed E-state index contributed by atoms with van der Waals surface area (Å²) in [4.78, 5) is 27.3. The molecule has 0 unspecified atom stereocenters. The first kappa shape index (κ1) is 16.2. The van der Waals surface area contributed by atoms with Gasteiger partial charge in [0.05, 0.1) is 5.56 Å². The molecule has 0 radical (unpaired) electrons. The maximum absolute atomic E-state index is 12.3. The molecule has 1 aromatic heterocycles. The molecule has 1 aliphatic carbocycles. The standard InChI is InChI=1S/C19H21N3O2/c20-18(23)15-8-11-17(21-12-15)19(24)22-16-9-6-14(7-10-16)13-4-2-1-3-5-13/h1-5,8,11-12,14,16H,6-7,9-10H2,(H2,20,23)(H,22,24). The van der Waals surface area contributed by atoms with E-state index >= 15 is 0 Å². The van der Waals surface area contributed by atoms with Crippen LogP contribution in [0, 0.1) is 0 Å². The second-order valence-corrected chi connectivity index (χ2v) is 6.23. The van der Waals surface area contributed by atoms with Crippen molar-refractivity contribution in [3.63, 3.8) is 0 Å². The largest absolute Gasteiger partial charge is 0.366 e. The van der Waals surface area contributed by atoms with E-state index in [-0.39, 0.29) is 11.9 Å². The van der Waals surface area contributed by atoms with Gasteiger partial charge in [0.1, 0.15) is 5.69 Å². The van der Waals surface area contributed by atoms with Gasteiger partial charge in [-0.05, 0) is 49.3 Å². The van der Waals surface area contributed by atoms with E-state index in [0.29, 0.717) is 17.2 Å². The number of carbonyl (C=O) groups excluding carboxylic acids is 2. The maximum atomic E-state index is 12.3. The van der Waals surface area contributed by atoms with Crippen LogP contribution in [0.5, 0.6) is 0 Å². The Kier molecular flexibility index (Phi) is 4.89. The Morgan fingerprint density at radius 3 is 2.29 bits per heavy atom. The maximum Gasteiger partial charge on any atom is 0.270 e. The molecule has 1 aliphatic rings. The van der Waals surface area contributed by atoms with Crippen molar-refractivity contribution in [3.05, 3.63) is 65.5 Å². The SMILES string of the molecule is NC(=O)c1ccc(C(=O)NC2CCC(c3ccccc3)CC2)nc1. The van der Waals surface area contributed by atoms with Gasteiger partial charge in [-0.2, -0.15) is 0 Å². The number of hydrogen-bond donors (Lipinski definition) is 2. The molecule has 1 saturated carbocycles. The Morgan fingerprint density at radius 2 is 1.71 bits per heavy atom. The van der Waals surface area contributed by atoms with E-state index in [2.05, 4.69) is 34.6 Å². The number of nitrogens with one attached hydrogen (secondary N) is 1. The third-order valence-corrected chi connectivity index (χ3v) is 4.61. The normalized spacial score (nSPS) is 20.3. The van der Waals surface area contributed by atoms with Crippen LogP contribution in [-0.4, -0.2) is 22.8 Å². The van der Waals surface area contributed by atoms with Gasteiger partial charge in [-0.15, -0.1) is 0 Å². The number of pyridine rings is 1. The molecule has 3 rings (SSSR count). The lowest BCUT2D eigenvalue weighted by Crippen LogP contribution is -2.37. The third-order valence-electron chi connectivity index (χ3n) is 4.61. The average Bonchev–Trinajstić information content (AvgIpc) is 2.63. The minimum absolute atomic E-state index is 0.176. The summed E-state index contributed by atoms with van der Waals surface area (Å²) in [6.45, 7) is 0. The zero-order valence-corrected chi connectivity index (χ0v) is 13.4. The molecule has 1 fully saturated rings. The Hall–Kier alpha value is -2.69. The number of nitrogens with two attached hydrogens (primary N) is 1. The Balaban J connectivity index is 1.54. The summed E-state index contributed by atoms with van der Waals surface area (Å²) in [7, 11) is 0. The Labute approximate surface area is 141 Å². The fourth-order valence-electron chi connectivity index (χ4n) is 3.23. The molecule has 0 atom stereocenters. The van der Waals surface area contributed by atoms with Crippen LogP contribution in [0.3, 0.4) is 0 Å². The van der Waals surface area contributed by atoms with E-state index < -0.39 is 5.91 Å². The quantitative estimate of drug-likeness (QED) is 0.907. The van der Waals surface area contributed by atoms with Gasteiger partial charge >= 0.3 is 0 Å². The number of aromatic nitrogens is 1. The van der Waals surface area contributed by atoms with Crippen LogP contribution in [0.25, 0.3) is 0 Å². The van der Waals surface area contributed by atoms with Gasteiger partial charge in [0.25, 0.3) is 5.91 Å². The highest BCUT2D eigenvalue weighted by molar-refractivity contribution is 5.95. The average molecular weight is 323 g/mol. The van der Waals surface area contributed by atoms with E-state index in [1.54, 1.807) is 0 Å². The number of hydrogen-bond acceptors (Lipinski definition) is 3. The number of amides is 2. The van der Waals surface area contributed by atoms with Gasteiger partial charge in [-0.25, -0.2) is 0 Å². The van der Waals surface area contributed by atoms with E-state index in [0.717, 1.165) is 25.7 Å². The number of primary amides is 1. The van der Waals surface area contributed by atoms with Crippen LogP contribution in [0.15, 0.2) is 48.7 Å². The summed E-state index contributed by atoms with van der Waals surface area (Å²) < 4.78 is 0. The first-order valence-corrected chi connectivity index (χ1v) is 8.25. The topological polar surface area (TPSA) is 85.1 Å². The van der Waals surface area contributed by atoms with Crippen molar-refractivity contribution in [1.82, 2.24) is 10.3 Å². The molecule has 2 amide bonds.